The van der Waals surface area contributed by atoms with Crippen molar-refractivity contribution in [3.05, 3.63) is 12.2 Å². The van der Waals surface area contributed by atoms with Gasteiger partial charge in [-0.25, -0.2) is 0 Å². The molecule has 1 atom stereocenters. The van der Waals surface area contributed by atoms with Gasteiger partial charge in [0.25, 0.3) is 0 Å². The number of aliphatic carboxylic acids is 2. The maximum atomic E-state index is 10.7. The molecule has 0 heterocycles. The van der Waals surface area contributed by atoms with Gasteiger partial charge in [0.05, 0.1) is 11.8 Å². The third-order valence-electron chi connectivity index (χ3n) is 1.69. The van der Waals surface area contributed by atoms with Crippen molar-refractivity contribution in [2.24, 2.45) is 5.41 Å². The van der Waals surface area contributed by atoms with E-state index in [1.165, 1.54) is 13.8 Å². The van der Waals surface area contributed by atoms with Crippen molar-refractivity contribution in [3.63, 3.8) is 0 Å². The minimum Gasteiger partial charge on any atom is -0.481 e. The molecular formula is C9H12O5. The monoisotopic (exact) mass is 200 g/mol. The van der Waals surface area contributed by atoms with E-state index >= 15 is 0 Å². The summed E-state index contributed by atoms with van der Waals surface area (Å²) in [5.41, 5.74) is -1.53. The van der Waals surface area contributed by atoms with Gasteiger partial charge in [-0.05, 0) is 19.9 Å². The highest BCUT2D eigenvalue weighted by molar-refractivity contribution is 5.90. The molecule has 0 aromatic carbocycles. The molecule has 0 fully saturated rings. The van der Waals surface area contributed by atoms with Crippen molar-refractivity contribution < 1.29 is 24.6 Å². The number of carbonyl (C=O) groups is 3. The van der Waals surface area contributed by atoms with Crippen molar-refractivity contribution in [2.75, 3.05) is 0 Å². The molecule has 0 aromatic heterocycles. The van der Waals surface area contributed by atoms with E-state index in [9.17, 15) is 14.4 Å². The van der Waals surface area contributed by atoms with E-state index in [1.807, 2.05) is 0 Å². The lowest BCUT2D eigenvalue weighted by Crippen LogP contribution is -2.28. The molecule has 14 heavy (non-hydrogen) atoms. The van der Waals surface area contributed by atoms with Crippen LogP contribution in [0, 0.1) is 5.41 Å². The summed E-state index contributed by atoms with van der Waals surface area (Å²) in [4.78, 5) is 31.7. The van der Waals surface area contributed by atoms with Gasteiger partial charge in [0.15, 0.2) is 5.78 Å². The number of carboxylic acids is 2. The first-order chi connectivity index (χ1) is 6.28. The number of carbonyl (C=O) groups excluding carboxylic acids is 1. The van der Waals surface area contributed by atoms with Gasteiger partial charge in [-0.2, -0.15) is 0 Å². The Morgan fingerprint density at radius 2 is 1.79 bits per heavy atom. The van der Waals surface area contributed by atoms with Crippen LogP contribution in [-0.2, 0) is 14.4 Å². The number of rotatable bonds is 5. The van der Waals surface area contributed by atoms with E-state index in [0.29, 0.717) is 0 Å². The molecule has 1 unspecified atom stereocenters. The predicted octanol–water partition coefficient (Wildman–Crippen LogP) is 0.697. The molecule has 0 saturated carbocycles. The fraction of sp³-hybridized carbons (Fsp3) is 0.444. The molecule has 0 rings (SSSR count). The highest BCUT2D eigenvalue weighted by Crippen LogP contribution is 2.23. The second kappa shape index (κ2) is 4.55. The molecule has 0 amide bonds. The van der Waals surface area contributed by atoms with Gasteiger partial charge in [-0.3, -0.25) is 14.4 Å². The Kier molecular flexibility index (Phi) is 4.01. The van der Waals surface area contributed by atoms with Crippen LogP contribution in [0.5, 0.6) is 0 Å². The van der Waals surface area contributed by atoms with Crippen molar-refractivity contribution in [1.29, 1.82) is 0 Å². The quantitative estimate of drug-likeness (QED) is 0.637. The van der Waals surface area contributed by atoms with Crippen molar-refractivity contribution >= 4 is 17.7 Å². The number of carboxylic acid groups (broad SMARTS) is 2. The van der Waals surface area contributed by atoms with Crippen molar-refractivity contribution in [3.8, 4) is 0 Å². The fourth-order valence-corrected chi connectivity index (χ4v) is 0.821. The lowest BCUT2D eigenvalue weighted by atomic mass is 9.86. The first-order valence-electron chi connectivity index (χ1n) is 3.93. The van der Waals surface area contributed by atoms with Gasteiger partial charge in [0.1, 0.15) is 0 Å². The SMILES string of the molecule is CC(=O)/C=C\C(C)(CC(=O)O)C(=O)O. The van der Waals surface area contributed by atoms with Crippen LogP contribution in [0.1, 0.15) is 20.3 Å². The van der Waals surface area contributed by atoms with Crippen LogP contribution in [0.3, 0.4) is 0 Å². The van der Waals surface area contributed by atoms with Gasteiger partial charge < -0.3 is 10.2 Å². The standard InChI is InChI=1S/C9H12O5/c1-6(10)3-4-9(2,8(13)14)5-7(11)12/h3-4H,5H2,1-2H3,(H,11,12)(H,13,14)/b4-3-. The summed E-state index contributed by atoms with van der Waals surface area (Å²) in [6, 6.07) is 0. The molecule has 5 heteroatoms. The minimum absolute atomic E-state index is 0.317. The summed E-state index contributed by atoms with van der Waals surface area (Å²) in [5.74, 6) is -2.80. The number of allylic oxidation sites excluding steroid dienone is 1. The highest BCUT2D eigenvalue weighted by atomic mass is 16.4. The van der Waals surface area contributed by atoms with Gasteiger partial charge in [-0.15, -0.1) is 0 Å². The zero-order valence-electron chi connectivity index (χ0n) is 7.98. The van der Waals surface area contributed by atoms with Crippen LogP contribution in [-0.4, -0.2) is 27.9 Å². The summed E-state index contributed by atoms with van der Waals surface area (Å²) in [6.07, 6.45) is 1.62. The Labute approximate surface area is 81.0 Å². The molecule has 0 spiro atoms. The average molecular weight is 200 g/mol. The molecule has 0 saturated heterocycles. The molecule has 0 radical (unpaired) electrons. The topological polar surface area (TPSA) is 91.7 Å². The molecule has 5 nitrogen and oxygen atoms in total. The van der Waals surface area contributed by atoms with Gasteiger partial charge in [0.2, 0.25) is 0 Å². The molecular weight excluding hydrogens is 188 g/mol. The summed E-state index contributed by atoms with van der Waals surface area (Å²) in [6.45, 7) is 2.52. The lowest BCUT2D eigenvalue weighted by molar-refractivity contribution is -0.151. The first kappa shape index (κ1) is 12.3. The summed E-state index contributed by atoms with van der Waals surface area (Å²) in [5, 5.41) is 17.2. The third-order valence-corrected chi connectivity index (χ3v) is 1.69. The Morgan fingerprint density at radius 1 is 1.29 bits per heavy atom. The average Bonchev–Trinajstić information content (AvgIpc) is 1.99. The summed E-state index contributed by atoms with van der Waals surface area (Å²) >= 11 is 0. The second-order valence-electron chi connectivity index (χ2n) is 3.24. The van der Waals surface area contributed by atoms with Crippen molar-refractivity contribution in [2.45, 2.75) is 20.3 Å². The number of ketones is 1. The van der Waals surface area contributed by atoms with Crippen LogP contribution >= 0.6 is 0 Å². The van der Waals surface area contributed by atoms with Crippen LogP contribution in [0.25, 0.3) is 0 Å². The molecule has 78 valence electrons. The minimum atomic E-state index is -1.53. The van der Waals surface area contributed by atoms with Crippen LogP contribution in [0.2, 0.25) is 0 Å². The zero-order valence-corrected chi connectivity index (χ0v) is 7.98. The normalized spacial score (nSPS) is 15.0. The Bertz CT molecular complexity index is 292. The summed E-state index contributed by atoms with van der Waals surface area (Å²) in [7, 11) is 0. The van der Waals surface area contributed by atoms with E-state index in [2.05, 4.69) is 0 Å². The molecule has 0 bridgehead atoms. The number of hydrogen-bond acceptors (Lipinski definition) is 3. The second-order valence-corrected chi connectivity index (χ2v) is 3.24. The van der Waals surface area contributed by atoms with Gasteiger partial charge >= 0.3 is 11.9 Å². The van der Waals surface area contributed by atoms with E-state index < -0.39 is 23.8 Å². The van der Waals surface area contributed by atoms with E-state index in [1.54, 1.807) is 0 Å². The predicted molar refractivity (Wildman–Crippen MR) is 47.8 cm³/mol. The van der Waals surface area contributed by atoms with Gasteiger partial charge in [-0.1, -0.05) is 6.08 Å². The van der Waals surface area contributed by atoms with Crippen molar-refractivity contribution in [1.82, 2.24) is 0 Å². The molecule has 2 N–H and O–H groups in total. The maximum Gasteiger partial charge on any atom is 0.313 e. The molecule has 0 aromatic rings. The highest BCUT2D eigenvalue weighted by Gasteiger charge is 2.32. The smallest absolute Gasteiger partial charge is 0.313 e. The Morgan fingerprint density at radius 3 is 2.07 bits per heavy atom. The van der Waals surface area contributed by atoms with Crippen LogP contribution < -0.4 is 0 Å². The molecule has 0 aliphatic heterocycles. The fourth-order valence-electron chi connectivity index (χ4n) is 0.821. The van der Waals surface area contributed by atoms with Gasteiger partial charge in [0, 0.05) is 0 Å². The molecule has 0 aliphatic rings. The van der Waals surface area contributed by atoms with Crippen LogP contribution in [0.15, 0.2) is 12.2 Å². The zero-order chi connectivity index (χ0) is 11.4. The third kappa shape index (κ3) is 3.84. The lowest BCUT2D eigenvalue weighted by Gasteiger charge is -2.17. The van der Waals surface area contributed by atoms with E-state index in [0.717, 1.165) is 12.2 Å². The van der Waals surface area contributed by atoms with E-state index in [-0.39, 0.29) is 5.78 Å². The number of hydrogen-bond donors (Lipinski definition) is 2. The first-order valence-corrected chi connectivity index (χ1v) is 3.93. The Balaban J connectivity index is 4.81. The van der Waals surface area contributed by atoms with Crippen LogP contribution in [0.4, 0.5) is 0 Å². The summed E-state index contributed by atoms with van der Waals surface area (Å²) < 4.78 is 0. The Hall–Kier alpha value is -1.65. The molecule has 0 aliphatic carbocycles. The largest absolute Gasteiger partial charge is 0.481 e. The maximum absolute atomic E-state index is 10.7. The van der Waals surface area contributed by atoms with E-state index in [4.69, 9.17) is 10.2 Å².